The second-order valence-corrected chi connectivity index (χ2v) is 6.74. The molecule has 0 radical (unpaired) electrons. The molecular weight excluding hydrogens is 374 g/mol. The van der Waals surface area contributed by atoms with Gasteiger partial charge in [0.25, 0.3) is 5.22 Å². The molecule has 6 nitrogen and oxygen atoms in total. The molecule has 0 aliphatic rings. The van der Waals surface area contributed by atoms with Crippen LogP contribution in [0.4, 0.5) is 5.69 Å². The largest absolute Gasteiger partial charge is 0.497 e. The fourth-order valence-corrected chi connectivity index (χ4v) is 3.03. The molecule has 1 heterocycles. The van der Waals surface area contributed by atoms with E-state index in [-0.39, 0.29) is 5.91 Å². The molecule has 0 spiro atoms. The van der Waals surface area contributed by atoms with Crippen molar-refractivity contribution in [1.29, 1.82) is 0 Å². The average Bonchev–Trinajstić information content (AvgIpc) is 3.11. The van der Waals surface area contributed by atoms with E-state index in [0.29, 0.717) is 34.0 Å². The van der Waals surface area contributed by atoms with Crippen molar-refractivity contribution >= 4 is 35.0 Å². The Hall–Kier alpha value is -2.51. The first kappa shape index (κ1) is 18.3. The van der Waals surface area contributed by atoms with Gasteiger partial charge in [-0.3, -0.25) is 4.79 Å². The number of nitrogens with zero attached hydrogens (tertiary/aromatic N) is 2. The van der Waals surface area contributed by atoms with Crippen molar-refractivity contribution in [2.75, 3.05) is 18.2 Å². The second-order valence-electron chi connectivity index (χ2n) is 5.26. The van der Waals surface area contributed by atoms with Gasteiger partial charge in [0.2, 0.25) is 11.8 Å². The highest BCUT2D eigenvalue weighted by Crippen LogP contribution is 2.25. The normalized spacial score (nSPS) is 10.5. The maximum absolute atomic E-state index is 12.0. The lowest BCUT2D eigenvalue weighted by Gasteiger charge is -2.04. The lowest BCUT2D eigenvalue weighted by molar-refractivity contribution is -0.115. The number of methoxy groups -OCH3 is 1. The molecule has 0 saturated carbocycles. The fourth-order valence-electron chi connectivity index (χ4n) is 2.14. The Morgan fingerprint density at radius 3 is 2.77 bits per heavy atom. The van der Waals surface area contributed by atoms with Crippen molar-refractivity contribution in [2.24, 2.45) is 0 Å². The minimum atomic E-state index is -0.102. The van der Waals surface area contributed by atoms with Crippen LogP contribution in [0.3, 0.4) is 0 Å². The van der Waals surface area contributed by atoms with Crippen LogP contribution in [0.2, 0.25) is 5.02 Å². The summed E-state index contributed by atoms with van der Waals surface area (Å²) in [6.45, 7) is 0. The van der Waals surface area contributed by atoms with Crippen molar-refractivity contribution in [2.45, 2.75) is 11.6 Å². The molecule has 0 unspecified atom stereocenters. The van der Waals surface area contributed by atoms with E-state index in [9.17, 15) is 4.79 Å². The van der Waals surface area contributed by atoms with Gasteiger partial charge in [-0.15, -0.1) is 10.2 Å². The van der Waals surface area contributed by atoms with E-state index < -0.39 is 0 Å². The van der Waals surface area contributed by atoms with Gasteiger partial charge in [0.1, 0.15) is 5.75 Å². The molecule has 3 rings (SSSR count). The van der Waals surface area contributed by atoms with Crippen LogP contribution in [0.5, 0.6) is 5.75 Å². The van der Waals surface area contributed by atoms with Gasteiger partial charge in [-0.1, -0.05) is 29.4 Å². The summed E-state index contributed by atoms with van der Waals surface area (Å²) in [5.41, 5.74) is 1.48. The van der Waals surface area contributed by atoms with Crippen LogP contribution in [0.1, 0.15) is 6.42 Å². The Bertz CT molecular complexity index is 883. The number of carbonyl (C=O) groups excluding carboxylic acids is 1. The number of amides is 1. The van der Waals surface area contributed by atoms with Gasteiger partial charge in [-0.25, -0.2) is 0 Å². The molecule has 0 fully saturated rings. The number of rotatable bonds is 7. The van der Waals surface area contributed by atoms with Gasteiger partial charge in [0.15, 0.2) is 0 Å². The zero-order valence-corrected chi connectivity index (χ0v) is 15.5. The van der Waals surface area contributed by atoms with E-state index in [1.54, 1.807) is 31.4 Å². The molecule has 0 atom stereocenters. The molecular formula is C18H16ClN3O3S. The van der Waals surface area contributed by atoms with Crippen LogP contribution < -0.4 is 10.1 Å². The molecule has 2 aromatic carbocycles. The molecule has 3 aromatic rings. The van der Waals surface area contributed by atoms with Gasteiger partial charge in [0.05, 0.1) is 7.11 Å². The predicted molar refractivity (Wildman–Crippen MR) is 102 cm³/mol. The summed E-state index contributed by atoms with van der Waals surface area (Å²) in [4.78, 5) is 12.0. The van der Waals surface area contributed by atoms with Gasteiger partial charge < -0.3 is 14.5 Å². The van der Waals surface area contributed by atoms with E-state index >= 15 is 0 Å². The lowest BCUT2D eigenvalue weighted by Crippen LogP contribution is -2.12. The van der Waals surface area contributed by atoms with Crippen LogP contribution >= 0.6 is 23.4 Å². The summed E-state index contributed by atoms with van der Waals surface area (Å²) in [7, 11) is 1.61. The summed E-state index contributed by atoms with van der Waals surface area (Å²) in [5.74, 6) is 1.61. The lowest BCUT2D eigenvalue weighted by atomic mass is 10.2. The number of ether oxygens (including phenoxy) is 1. The van der Waals surface area contributed by atoms with Crippen LogP contribution in [0.25, 0.3) is 11.5 Å². The maximum Gasteiger partial charge on any atom is 0.276 e. The van der Waals surface area contributed by atoms with Crippen LogP contribution in [-0.2, 0) is 4.79 Å². The van der Waals surface area contributed by atoms with Crippen molar-refractivity contribution < 1.29 is 13.9 Å². The third-order valence-electron chi connectivity index (χ3n) is 3.41. The first-order chi connectivity index (χ1) is 12.6. The SMILES string of the molecule is COc1ccc(-c2nnc(SCCC(=O)Nc3cccc(Cl)c3)o2)cc1. The molecule has 134 valence electrons. The highest BCUT2D eigenvalue weighted by Gasteiger charge is 2.10. The van der Waals surface area contributed by atoms with E-state index in [0.717, 1.165) is 11.3 Å². The number of benzene rings is 2. The summed E-state index contributed by atoms with van der Waals surface area (Å²) >= 11 is 7.23. The number of anilines is 1. The standard InChI is InChI=1S/C18H16ClN3O3S/c1-24-15-7-5-12(6-8-15)17-21-22-18(25-17)26-10-9-16(23)20-14-4-2-3-13(19)11-14/h2-8,11H,9-10H2,1H3,(H,20,23). The maximum atomic E-state index is 12.0. The van der Waals surface area contributed by atoms with Crippen molar-refractivity contribution in [3.05, 3.63) is 53.6 Å². The Kier molecular flexibility index (Phi) is 6.14. The quantitative estimate of drug-likeness (QED) is 0.598. The number of halogens is 1. The molecule has 0 aliphatic heterocycles. The Morgan fingerprint density at radius 2 is 2.04 bits per heavy atom. The molecule has 26 heavy (non-hydrogen) atoms. The van der Waals surface area contributed by atoms with Gasteiger partial charge in [-0.2, -0.15) is 0 Å². The van der Waals surface area contributed by atoms with Crippen molar-refractivity contribution in [3.8, 4) is 17.2 Å². The highest BCUT2D eigenvalue weighted by molar-refractivity contribution is 7.99. The first-order valence-electron chi connectivity index (χ1n) is 7.80. The number of hydrogen-bond acceptors (Lipinski definition) is 6. The minimum absolute atomic E-state index is 0.102. The smallest absolute Gasteiger partial charge is 0.276 e. The second kappa shape index (κ2) is 8.73. The van der Waals surface area contributed by atoms with Gasteiger partial charge >= 0.3 is 0 Å². The van der Waals surface area contributed by atoms with Crippen molar-refractivity contribution in [1.82, 2.24) is 10.2 Å². The van der Waals surface area contributed by atoms with E-state index in [2.05, 4.69) is 15.5 Å². The Balaban J connectivity index is 1.49. The summed E-state index contributed by atoms with van der Waals surface area (Å²) in [6, 6.07) is 14.4. The minimum Gasteiger partial charge on any atom is -0.497 e. The molecule has 1 aromatic heterocycles. The van der Waals surface area contributed by atoms with Crippen molar-refractivity contribution in [3.63, 3.8) is 0 Å². The number of nitrogens with one attached hydrogen (secondary N) is 1. The van der Waals surface area contributed by atoms with E-state index in [1.165, 1.54) is 11.8 Å². The van der Waals surface area contributed by atoms with Gasteiger partial charge in [-0.05, 0) is 42.5 Å². The molecule has 8 heteroatoms. The average molecular weight is 390 g/mol. The van der Waals surface area contributed by atoms with Gasteiger partial charge in [0, 0.05) is 28.4 Å². The summed E-state index contributed by atoms with van der Waals surface area (Å²) in [6.07, 6.45) is 0.317. The molecule has 0 aliphatic carbocycles. The Morgan fingerprint density at radius 1 is 1.23 bits per heavy atom. The highest BCUT2D eigenvalue weighted by atomic mass is 35.5. The first-order valence-corrected chi connectivity index (χ1v) is 9.16. The molecule has 0 bridgehead atoms. The third-order valence-corrected chi connectivity index (χ3v) is 4.46. The fraction of sp³-hybridized carbons (Fsp3) is 0.167. The van der Waals surface area contributed by atoms with E-state index in [4.69, 9.17) is 20.8 Å². The van der Waals surface area contributed by atoms with Crippen LogP contribution in [0.15, 0.2) is 58.2 Å². The number of hydrogen-bond donors (Lipinski definition) is 1. The summed E-state index contributed by atoms with van der Waals surface area (Å²) < 4.78 is 10.7. The zero-order valence-electron chi connectivity index (χ0n) is 13.9. The van der Waals surface area contributed by atoms with E-state index in [1.807, 2.05) is 24.3 Å². The topological polar surface area (TPSA) is 77.2 Å². The van der Waals surface area contributed by atoms with Crippen LogP contribution in [-0.4, -0.2) is 29.0 Å². The summed E-state index contributed by atoms with van der Waals surface area (Å²) in [5, 5.41) is 11.8. The number of aromatic nitrogens is 2. The zero-order chi connectivity index (χ0) is 18.4. The monoisotopic (exact) mass is 389 g/mol. The Labute approximate surface area is 159 Å². The number of thioether (sulfide) groups is 1. The molecule has 1 amide bonds. The van der Waals surface area contributed by atoms with Crippen LogP contribution in [0, 0.1) is 0 Å². The third kappa shape index (κ3) is 5.00. The predicted octanol–water partition coefficient (Wildman–Crippen LogP) is 4.52. The molecule has 0 saturated heterocycles. The number of carbonyl (C=O) groups is 1. The molecule has 1 N–H and O–H groups in total.